The van der Waals surface area contributed by atoms with Gasteiger partial charge < -0.3 is 10.6 Å². The van der Waals surface area contributed by atoms with Crippen molar-refractivity contribution in [1.29, 1.82) is 0 Å². The van der Waals surface area contributed by atoms with E-state index < -0.39 is 34.8 Å². The Morgan fingerprint density at radius 3 is 2.34 bits per heavy atom. The number of nitrogens with zero attached hydrogens (tertiary/aromatic N) is 2. The van der Waals surface area contributed by atoms with Gasteiger partial charge >= 0.3 is 0 Å². The fraction of sp³-hybridized carbons (Fsp3) is 0.222. The molecule has 1 aliphatic rings. The van der Waals surface area contributed by atoms with Gasteiger partial charge in [0.05, 0.1) is 28.8 Å². The monoisotopic (exact) mass is 559 g/mol. The largest absolute Gasteiger partial charge is 0.384 e. The highest BCUT2D eigenvalue weighted by Gasteiger charge is 2.46. The van der Waals surface area contributed by atoms with Crippen LogP contribution >= 0.6 is 11.6 Å². The van der Waals surface area contributed by atoms with Crippen LogP contribution in [0.3, 0.4) is 0 Å². The summed E-state index contributed by atoms with van der Waals surface area (Å²) in [5.74, 6) is -3.41. The summed E-state index contributed by atoms with van der Waals surface area (Å²) in [5, 5.41) is 0.0348. The minimum absolute atomic E-state index is 0.0348. The van der Waals surface area contributed by atoms with Gasteiger partial charge in [0.15, 0.2) is 15.6 Å². The fourth-order valence-electron chi connectivity index (χ4n) is 3.91. The summed E-state index contributed by atoms with van der Waals surface area (Å²) in [7, 11) is -3.73. The second kappa shape index (κ2) is 11.0. The summed E-state index contributed by atoms with van der Waals surface area (Å²) in [6, 6.07) is 14.2. The highest BCUT2D eigenvalue weighted by molar-refractivity contribution is 7.91. The van der Waals surface area contributed by atoms with E-state index in [9.17, 15) is 26.8 Å². The van der Waals surface area contributed by atoms with E-state index >= 15 is 0 Å². The quantitative estimate of drug-likeness (QED) is 0.373. The molecule has 7 nitrogen and oxygen atoms in total. The Morgan fingerprint density at radius 1 is 1.05 bits per heavy atom. The molecule has 0 saturated carbocycles. The molecule has 2 heterocycles. The number of ketones is 1. The van der Waals surface area contributed by atoms with Gasteiger partial charge in [0.1, 0.15) is 5.82 Å². The zero-order valence-corrected chi connectivity index (χ0v) is 21.7. The molecule has 38 heavy (non-hydrogen) atoms. The molecule has 1 aliphatic heterocycles. The van der Waals surface area contributed by atoms with E-state index in [1.54, 1.807) is 36.4 Å². The number of halogens is 3. The second-order valence-electron chi connectivity index (χ2n) is 8.98. The first kappa shape index (κ1) is 27.4. The van der Waals surface area contributed by atoms with E-state index in [0.717, 1.165) is 4.90 Å². The smallest absolute Gasteiger partial charge is 0.282 e. The summed E-state index contributed by atoms with van der Waals surface area (Å²) in [4.78, 5) is 29.4. The minimum Gasteiger partial charge on any atom is -0.384 e. The van der Waals surface area contributed by atoms with Crippen LogP contribution in [0.4, 0.5) is 14.6 Å². The van der Waals surface area contributed by atoms with Crippen LogP contribution in [0.2, 0.25) is 5.02 Å². The van der Waals surface area contributed by atoms with E-state index in [0.29, 0.717) is 22.5 Å². The van der Waals surface area contributed by atoms with Crippen LogP contribution in [0.25, 0.3) is 17.2 Å². The average Bonchev–Trinajstić information content (AvgIpc) is 2.86. The third-order valence-electron chi connectivity index (χ3n) is 5.97. The number of rotatable bonds is 9. The van der Waals surface area contributed by atoms with Crippen LogP contribution in [0.1, 0.15) is 28.8 Å². The highest BCUT2D eigenvalue weighted by atomic mass is 35.5. The van der Waals surface area contributed by atoms with Crippen molar-refractivity contribution in [2.24, 2.45) is 0 Å². The van der Waals surface area contributed by atoms with Gasteiger partial charge in [0.25, 0.3) is 11.8 Å². The number of anilines is 1. The molecule has 2 N–H and O–H groups in total. The third kappa shape index (κ3) is 6.62. The summed E-state index contributed by atoms with van der Waals surface area (Å²) in [6.45, 7) is -1.18. The molecule has 0 spiro atoms. The Labute approximate surface area is 223 Å². The van der Waals surface area contributed by atoms with Gasteiger partial charge in [-0.05, 0) is 71.7 Å². The molecule has 0 unspecified atom stereocenters. The van der Waals surface area contributed by atoms with Crippen molar-refractivity contribution >= 4 is 45.0 Å². The number of alkyl halides is 2. The number of hydrogen-bond acceptors (Lipinski definition) is 6. The Balaban J connectivity index is 1.35. The summed E-state index contributed by atoms with van der Waals surface area (Å²) in [5.41, 5.74) is 7.81. The van der Waals surface area contributed by atoms with E-state index in [4.69, 9.17) is 17.3 Å². The molecule has 3 aromatic rings. The van der Waals surface area contributed by atoms with E-state index in [1.165, 1.54) is 36.5 Å². The number of sulfone groups is 1. The number of aromatic nitrogens is 1. The van der Waals surface area contributed by atoms with Gasteiger partial charge in [-0.1, -0.05) is 29.8 Å². The number of likely N-dealkylation sites (tertiary alicyclic amines) is 1. The Bertz CT molecular complexity index is 1480. The summed E-state index contributed by atoms with van der Waals surface area (Å²) < 4.78 is 51.7. The first-order chi connectivity index (χ1) is 17.9. The number of nitrogens with two attached hydrogens (primary N) is 1. The lowest BCUT2D eigenvalue weighted by Gasteiger charge is -2.38. The molecule has 0 radical (unpaired) electrons. The van der Waals surface area contributed by atoms with Crippen LogP contribution < -0.4 is 5.73 Å². The molecule has 0 bridgehead atoms. The topological polar surface area (TPSA) is 110 Å². The normalized spacial score (nSPS) is 14.9. The van der Waals surface area contributed by atoms with Crippen LogP contribution in [0.5, 0.6) is 0 Å². The van der Waals surface area contributed by atoms with E-state index in [1.807, 2.05) is 0 Å². The first-order valence-corrected chi connectivity index (χ1v) is 13.7. The number of pyridine rings is 1. The van der Waals surface area contributed by atoms with Crippen LogP contribution in [-0.2, 0) is 14.6 Å². The molecular formula is C27H24ClF2N3O4S. The molecule has 0 aliphatic carbocycles. The Kier molecular flexibility index (Phi) is 7.94. The van der Waals surface area contributed by atoms with Crippen molar-refractivity contribution in [3.63, 3.8) is 0 Å². The summed E-state index contributed by atoms with van der Waals surface area (Å²) >= 11 is 6.31. The molecule has 4 rings (SSSR count). The lowest BCUT2D eigenvalue weighted by atomic mass is 10.0. The van der Waals surface area contributed by atoms with Crippen molar-refractivity contribution in [1.82, 2.24) is 9.88 Å². The number of allylic oxidation sites excluding steroid dienone is 1. The van der Waals surface area contributed by atoms with Crippen LogP contribution in [-0.4, -0.2) is 54.8 Å². The Morgan fingerprint density at radius 2 is 1.74 bits per heavy atom. The maximum absolute atomic E-state index is 13.0. The number of hydrogen-bond donors (Lipinski definition) is 1. The zero-order valence-electron chi connectivity index (χ0n) is 20.1. The molecule has 1 aromatic heterocycles. The third-order valence-corrected chi connectivity index (χ3v) is 8.25. The first-order valence-electron chi connectivity index (χ1n) is 11.7. The molecule has 198 valence electrons. The standard InChI is InChI=1S/C27H24ClF2N3O4S/c28-23-14-21(19-5-7-20(8-6-19)26(35)33-16-27(29,30)17-33)9-11-24(23)38(36,37)13-1-2-22(34)10-3-18-4-12-25(31)32-15-18/h3-12,14-15H,1-2,13,16-17H2,(H2,31,32)/b10-3+. The second-order valence-corrected chi connectivity index (χ2v) is 11.5. The maximum Gasteiger partial charge on any atom is 0.282 e. The van der Waals surface area contributed by atoms with Gasteiger partial charge in [-0.3, -0.25) is 9.59 Å². The van der Waals surface area contributed by atoms with Gasteiger partial charge in [-0.15, -0.1) is 0 Å². The molecule has 1 saturated heterocycles. The lowest BCUT2D eigenvalue weighted by Crippen LogP contribution is -2.58. The van der Waals surface area contributed by atoms with Gasteiger partial charge in [0.2, 0.25) is 0 Å². The molecule has 1 fully saturated rings. The molecule has 1 amide bonds. The minimum atomic E-state index is -3.73. The van der Waals surface area contributed by atoms with Gasteiger partial charge in [0, 0.05) is 18.2 Å². The van der Waals surface area contributed by atoms with Crippen LogP contribution in [0.15, 0.2) is 71.8 Å². The van der Waals surface area contributed by atoms with Crippen molar-refractivity contribution in [2.75, 3.05) is 24.6 Å². The maximum atomic E-state index is 13.0. The Hall–Kier alpha value is -3.63. The van der Waals surface area contributed by atoms with Crippen molar-refractivity contribution in [3.8, 4) is 11.1 Å². The van der Waals surface area contributed by atoms with Crippen LogP contribution in [0, 0.1) is 0 Å². The predicted molar refractivity (Wildman–Crippen MR) is 142 cm³/mol. The number of amides is 1. The van der Waals surface area contributed by atoms with Crippen molar-refractivity contribution in [3.05, 3.63) is 83.0 Å². The lowest BCUT2D eigenvalue weighted by molar-refractivity contribution is -0.114. The number of nitrogen functional groups attached to an aromatic ring is 1. The number of benzene rings is 2. The molecule has 0 atom stereocenters. The SMILES string of the molecule is Nc1ccc(/C=C/C(=O)CCCS(=O)(=O)c2ccc(-c3ccc(C(=O)N4CC(F)(F)C4)cc3)cc2Cl)cn1. The van der Waals surface area contributed by atoms with E-state index in [-0.39, 0.29) is 39.9 Å². The summed E-state index contributed by atoms with van der Waals surface area (Å²) in [6.07, 6.45) is 4.67. The predicted octanol–water partition coefficient (Wildman–Crippen LogP) is 4.91. The molecule has 11 heteroatoms. The van der Waals surface area contributed by atoms with Crippen molar-refractivity contribution in [2.45, 2.75) is 23.7 Å². The number of carbonyl (C=O) groups excluding carboxylic acids is 2. The van der Waals surface area contributed by atoms with Gasteiger partial charge in [-0.2, -0.15) is 0 Å². The van der Waals surface area contributed by atoms with Crippen molar-refractivity contribution < 1.29 is 26.8 Å². The molecule has 2 aromatic carbocycles. The average molecular weight is 560 g/mol. The number of carbonyl (C=O) groups is 2. The fourth-order valence-corrected chi connectivity index (χ4v) is 5.82. The molecular weight excluding hydrogens is 536 g/mol. The highest BCUT2D eigenvalue weighted by Crippen LogP contribution is 2.31. The zero-order chi connectivity index (χ0) is 27.5. The van der Waals surface area contributed by atoms with E-state index in [2.05, 4.69) is 4.98 Å². The van der Waals surface area contributed by atoms with Gasteiger partial charge in [-0.25, -0.2) is 22.2 Å².